The van der Waals surface area contributed by atoms with Gasteiger partial charge in [-0.05, 0) is 12.3 Å². The summed E-state index contributed by atoms with van der Waals surface area (Å²) in [7, 11) is 3.90. The number of hydrogen-bond donors (Lipinski definition) is 0. The van der Waals surface area contributed by atoms with Crippen molar-refractivity contribution in [3.05, 3.63) is 0 Å². The highest BCUT2D eigenvalue weighted by atomic mass is 15.2. The number of rotatable bonds is 1. The fourth-order valence-corrected chi connectivity index (χ4v) is 0.997. The highest BCUT2D eigenvalue weighted by molar-refractivity contribution is 5.79. The third-order valence-corrected chi connectivity index (χ3v) is 1.59. The van der Waals surface area contributed by atoms with E-state index in [4.69, 9.17) is 0 Å². The molecule has 0 aromatic heterocycles. The van der Waals surface area contributed by atoms with Crippen LogP contribution in [0.2, 0.25) is 0 Å². The molecule has 0 aliphatic heterocycles. The van der Waals surface area contributed by atoms with Crippen LogP contribution in [0.25, 0.3) is 0 Å². The quantitative estimate of drug-likeness (QED) is 0.419. The average molecular weight is 156 g/mol. The summed E-state index contributed by atoms with van der Waals surface area (Å²) in [5, 5.41) is 0. The maximum atomic E-state index is 4.12. The van der Waals surface area contributed by atoms with Crippen LogP contribution < -0.4 is 0 Å². The van der Waals surface area contributed by atoms with E-state index in [0.717, 1.165) is 12.4 Å². The Balaban J connectivity index is 3.98. The standard InChI is InChI=1S/C9H20N2/c1-8(10-5)11(6)7-9(2,3)4/h7H2,1-6H3. The molecule has 2 heteroatoms. The van der Waals surface area contributed by atoms with Crippen molar-refractivity contribution in [1.82, 2.24) is 4.90 Å². The molecule has 0 aliphatic carbocycles. The first-order valence-electron chi connectivity index (χ1n) is 4.01. The Bertz CT molecular complexity index is 142. The zero-order valence-electron chi connectivity index (χ0n) is 8.60. The summed E-state index contributed by atoms with van der Waals surface area (Å²) in [5.41, 5.74) is 0.348. The van der Waals surface area contributed by atoms with Crippen molar-refractivity contribution < 1.29 is 0 Å². The molecule has 0 rings (SSSR count). The van der Waals surface area contributed by atoms with Crippen molar-refractivity contribution in [1.29, 1.82) is 0 Å². The Labute approximate surface area is 70.3 Å². The molecule has 0 heterocycles. The van der Waals surface area contributed by atoms with Crippen LogP contribution in [0, 0.1) is 5.41 Å². The van der Waals surface area contributed by atoms with Gasteiger partial charge in [-0.25, -0.2) is 0 Å². The lowest BCUT2D eigenvalue weighted by Crippen LogP contribution is -2.32. The summed E-state index contributed by atoms with van der Waals surface area (Å²) in [6.07, 6.45) is 0. The summed E-state index contributed by atoms with van der Waals surface area (Å²) < 4.78 is 0. The van der Waals surface area contributed by atoms with E-state index in [-0.39, 0.29) is 0 Å². The normalized spacial score (nSPS) is 13.5. The van der Waals surface area contributed by atoms with Crippen molar-refractivity contribution in [3.63, 3.8) is 0 Å². The minimum atomic E-state index is 0.348. The van der Waals surface area contributed by atoms with Gasteiger partial charge in [-0.15, -0.1) is 0 Å². The smallest absolute Gasteiger partial charge is 0.0951 e. The van der Waals surface area contributed by atoms with E-state index >= 15 is 0 Å². The fraction of sp³-hybridized carbons (Fsp3) is 0.889. The lowest BCUT2D eigenvalue weighted by atomic mass is 9.96. The van der Waals surface area contributed by atoms with Gasteiger partial charge in [0.1, 0.15) is 0 Å². The Morgan fingerprint density at radius 3 is 2.09 bits per heavy atom. The number of amidine groups is 1. The van der Waals surface area contributed by atoms with Crippen molar-refractivity contribution in [2.75, 3.05) is 20.6 Å². The third-order valence-electron chi connectivity index (χ3n) is 1.59. The second-order valence-corrected chi connectivity index (χ2v) is 4.19. The van der Waals surface area contributed by atoms with Crippen LogP contribution in [0.5, 0.6) is 0 Å². The first-order valence-corrected chi connectivity index (χ1v) is 4.01. The molecule has 0 atom stereocenters. The largest absolute Gasteiger partial charge is 0.363 e. The summed E-state index contributed by atoms with van der Waals surface area (Å²) in [4.78, 5) is 6.30. The molecule has 0 aromatic carbocycles. The number of aliphatic imine (C=N–C) groups is 1. The Morgan fingerprint density at radius 1 is 1.36 bits per heavy atom. The summed E-state index contributed by atoms with van der Waals surface area (Å²) in [6.45, 7) is 9.77. The van der Waals surface area contributed by atoms with Gasteiger partial charge in [-0.1, -0.05) is 20.8 Å². The van der Waals surface area contributed by atoms with E-state index in [0.29, 0.717) is 5.41 Å². The molecule has 11 heavy (non-hydrogen) atoms. The van der Waals surface area contributed by atoms with Gasteiger partial charge >= 0.3 is 0 Å². The van der Waals surface area contributed by atoms with Gasteiger partial charge in [0.15, 0.2) is 0 Å². The van der Waals surface area contributed by atoms with E-state index in [1.54, 1.807) is 0 Å². The van der Waals surface area contributed by atoms with Crippen LogP contribution in [0.3, 0.4) is 0 Å². The van der Waals surface area contributed by atoms with E-state index in [2.05, 4.69) is 37.7 Å². The van der Waals surface area contributed by atoms with Crippen molar-refractivity contribution in [2.45, 2.75) is 27.7 Å². The van der Waals surface area contributed by atoms with Gasteiger partial charge in [-0.2, -0.15) is 0 Å². The molecule has 66 valence electrons. The first kappa shape index (κ1) is 10.5. The molecule has 0 unspecified atom stereocenters. The van der Waals surface area contributed by atoms with E-state index in [9.17, 15) is 0 Å². The first-order chi connectivity index (χ1) is 4.87. The topological polar surface area (TPSA) is 15.6 Å². The van der Waals surface area contributed by atoms with Gasteiger partial charge in [-0.3, -0.25) is 4.99 Å². The number of hydrogen-bond acceptors (Lipinski definition) is 1. The Kier molecular flexibility index (Phi) is 3.56. The highest BCUT2D eigenvalue weighted by Crippen LogP contribution is 2.14. The molecule has 0 aromatic rings. The van der Waals surface area contributed by atoms with E-state index in [1.165, 1.54) is 0 Å². The Hall–Kier alpha value is -0.530. The summed E-state index contributed by atoms with van der Waals surface area (Å²) >= 11 is 0. The maximum absolute atomic E-state index is 4.12. The molecule has 0 radical (unpaired) electrons. The molecule has 0 aliphatic rings. The SMILES string of the molecule is CN=C(C)N(C)CC(C)(C)C. The van der Waals surface area contributed by atoms with Crippen LogP contribution >= 0.6 is 0 Å². The minimum absolute atomic E-state index is 0.348. The monoisotopic (exact) mass is 156 g/mol. The van der Waals surface area contributed by atoms with Crippen molar-refractivity contribution in [2.24, 2.45) is 10.4 Å². The second-order valence-electron chi connectivity index (χ2n) is 4.19. The molecule has 0 bridgehead atoms. The van der Waals surface area contributed by atoms with Crippen molar-refractivity contribution >= 4 is 5.84 Å². The van der Waals surface area contributed by atoms with Gasteiger partial charge in [0.2, 0.25) is 0 Å². The van der Waals surface area contributed by atoms with Crippen LogP contribution in [0.4, 0.5) is 0 Å². The van der Waals surface area contributed by atoms with Gasteiger partial charge < -0.3 is 4.90 Å². The zero-order chi connectivity index (χ0) is 9.07. The van der Waals surface area contributed by atoms with E-state index in [1.807, 2.05) is 14.0 Å². The molecule has 0 N–H and O–H groups in total. The predicted molar refractivity (Wildman–Crippen MR) is 51.1 cm³/mol. The molecular formula is C9H20N2. The van der Waals surface area contributed by atoms with Crippen LogP contribution in [-0.2, 0) is 0 Å². The maximum Gasteiger partial charge on any atom is 0.0951 e. The Morgan fingerprint density at radius 2 is 1.82 bits per heavy atom. The molecule has 0 spiro atoms. The van der Waals surface area contributed by atoms with Crippen molar-refractivity contribution in [3.8, 4) is 0 Å². The van der Waals surface area contributed by atoms with Gasteiger partial charge in [0, 0.05) is 20.6 Å². The molecular weight excluding hydrogens is 136 g/mol. The molecule has 0 saturated heterocycles. The number of nitrogens with zero attached hydrogens (tertiary/aromatic N) is 2. The van der Waals surface area contributed by atoms with E-state index < -0.39 is 0 Å². The lowest BCUT2D eigenvalue weighted by Gasteiger charge is -2.27. The molecule has 2 nitrogen and oxygen atoms in total. The lowest BCUT2D eigenvalue weighted by molar-refractivity contribution is 0.305. The van der Waals surface area contributed by atoms with Crippen LogP contribution in [0.15, 0.2) is 4.99 Å². The predicted octanol–water partition coefficient (Wildman–Crippen LogP) is 2.01. The fourth-order valence-electron chi connectivity index (χ4n) is 0.997. The third kappa shape index (κ3) is 4.82. The molecule has 0 fully saturated rings. The summed E-state index contributed by atoms with van der Waals surface area (Å²) in [5.74, 6) is 1.10. The van der Waals surface area contributed by atoms with Gasteiger partial charge in [0.05, 0.1) is 5.84 Å². The average Bonchev–Trinajstić information content (AvgIpc) is 1.82. The summed E-state index contributed by atoms with van der Waals surface area (Å²) in [6, 6.07) is 0. The highest BCUT2D eigenvalue weighted by Gasteiger charge is 2.13. The minimum Gasteiger partial charge on any atom is -0.363 e. The zero-order valence-corrected chi connectivity index (χ0v) is 8.60. The van der Waals surface area contributed by atoms with Crippen LogP contribution in [0.1, 0.15) is 27.7 Å². The second kappa shape index (κ2) is 3.74. The molecule has 0 amide bonds. The van der Waals surface area contributed by atoms with Gasteiger partial charge in [0.25, 0.3) is 0 Å². The molecule has 0 saturated carbocycles. The van der Waals surface area contributed by atoms with Crippen LogP contribution in [-0.4, -0.2) is 31.4 Å².